The summed E-state index contributed by atoms with van der Waals surface area (Å²) in [6.45, 7) is 2.91. The molecule has 0 aliphatic heterocycles. The third-order valence-corrected chi connectivity index (χ3v) is 3.95. The van der Waals surface area contributed by atoms with Gasteiger partial charge in [-0.3, -0.25) is 9.52 Å². The summed E-state index contributed by atoms with van der Waals surface area (Å²) >= 11 is 0. The highest BCUT2D eigenvalue weighted by Gasteiger charge is 2.28. The topological polar surface area (TPSA) is 92.7 Å². The van der Waals surface area contributed by atoms with Crippen molar-refractivity contribution in [3.8, 4) is 5.75 Å². The number of anilines is 1. The second kappa shape index (κ2) is 5.87. The zero-order chi connectivity index (χ0) is 14.6. The van der Waals surface area contributed by atoms with E-state index in [2.05, 4.69) is 4.72 Å². The van der Waals surface area contributed by atoms with Gasteiger partial charge in [0.15, 0.2) is 5.25 Å². The van der Waals surface area contributed by atoms with Crippen LogP contribution in [-0.2, 0) is 14.8 Å². The molecule has 1 unspecified atom stereocenters. The fraction of sp³-hybridized carbons (Fsp3) is 0.364. The lowest BCUT2D eigenvalue weighted by atomic mass is 10.3. The fourth-order valence-electron chi connectivity index (χ4n) is 1.23. The van der Waals surface area contributed by atoms with Crippen LogP contribution in [0.3, 0.4) is 0 Å². The SMILES string of the molecule is CCOc1cc(F)ccc1NS(=O)(=O)C(C)C(=O)O. The molecule has 0 amide bonds. The van der Waals surface area contributed by atoms with Gasteiger partial charge in [-0.25, -0.2) is 12.8 Å². The zero-order valence-corrected chi connectivity index (χ0v) is 11.2. The Hall–Kier alpha value is -1.83. The number of ether oxygens (including phenoxy) is 1. The van der Waals surface area contributed by atoms with Gasteiger partial charge in [0.05, 0.1) is 12.3 Å². The third kappa shape index (κ3) is 3.82. The number of hydrogen-bond acceptors (Lipinski definition) is 4. The molecule has 1 rings (SSSR count). The van der Waals surface area contributed by atoms with E-state index in [1.807, 2.05) is 0 Å². The quantitative estimate of drug-likeness (QED) is 0.827. The van der Waals surface area contributed by atoms with Crippen molar-refractivity contribution in [2.24, 2.45) is 0 Å². The molecule has 0 bridgehead atoms. The summed E-state index contributed by atoms with van der Waals surface area (Å²) in [5.41, 5.74) is -0.00338. The number of halogens is 1. The number of carbonyl (C=O) groups is 1. The average Bonchev–Trinajstić information content (AvgIpc) is 2.31. The molecule has 1 aromatic carbocycles. The smallest absolute Gasteiger partial charge is 0.323 e. The molecular formula is C11H14FNO5S. The van der Waals surface area contributed by atoms with Crippen LogP contribution in [0.5, 0.6) is 5.75 Å². The van der Waals surface area contributed by atoms with E-state index >= 15 is 0 Å². The van der Waals surface area contributed by atoms with Crippen molar-refractivity contribution in [2.75, 3.05) is 11.3 Å². The summed E-state index contributed by atoms with van der Waals surface area (Å²) < 4.78 is 43.7. The molecule has 0 aliphatic carbocycles. The molecule has 106 valence electrons. The third-order valence-electron chi connectivity index (χ3n) is 2.31. The Bertz CT molecular complexity index is 572. The van der Waals surface area contributed by atoms with E-state index in [1.165, 1.54) is 6.07 Å². The molecule has 0 saturated carbocycles. The summed E-state index contributed by atoms with van der Waals surface area (Å²) in [6.07, 6.45) is 0. The van der Waals surface area contributed by atoms with Crippen LogP contribution in [-0.4, -0.2) is 31.4 Å². The maximum absolute atomic E-state index is 13.0. The number of sulfonamides is 1. The molecular weight excluding hydrogens is 277 g/mol. The lowest BCUT2D eigenvalue weighted by molar-refractivity contribution is -0.136. The summed E-state index contributed by atoms with van der Waals surface area (Å²) in [5, 5.41) is 7.07. The molecule has 19 heavy (non-hydrogen) atoms. The predicted octanol–water partition coefficient (Wildman–Crippen LogP) is 1.44. The molecule has 0 saturated heterocycles. The number of benzene rings is 1. The largest absolute Gasteiger partial charge is 0.492 e. The van der Waals surface area contributed by atoms with Gasteiger partial charge >= 0.3 is 5.97 Å². The van der Waals surface area contributed by atoms with E-state index in [9.17, 15) is 17.6 Å². The number of rotatable bonds is 6. The molecule has 0 aromatic heterocycles. The van der Waals surface area contributed by atoms with Crippen molar-refractivity contribution < 1.29 is 27.4 Å². The van der Waals surface area contributed by atoms with Gasteiger partial charge < -0.3 is 9.84 Å². The van der Waals surface area contributed by atoms with Crippen LogP contribution in [0.1, 0.15) is 13.8 Å². The van der Waals surface area contributed by atoms with Crippen molar-refractivity contribution in [1.82, 2.24) is 0 Å². The second-order valence-corrected chi connectivity index (χ2v) is 5.70. The first-order valence-corrected chi connectivity index (χ1v) is 6.99. The predicted molar refractivity (Wildman–Crippen MR) is 67.2 cm³/mol. The zero-order valence-electron chi connectivity index (χ0n) is 10.4. The lowest BCUT2D eigenvalue weighted by Crippen LogP contribution is -2.32. The Kier molecular flexibility index (Phi) is 4.71. The molecule has 2 N–H and O–H groups in total. The van der Waals surface area contributed by atoms with E-state index < -0.39 is 27.1 Å². The van der Waals surface area contributed by atoms with Crippen LogP contribution in [0.25, 0.3) is 0 Å². The second-order valence-electron chi connectivity index (χ2n) is 3.70. The Balaban J connectivity index is 3.08. The van der Waals surface area contributed by atoms with Gasteiger partial charge in [0.2, 0.25) is 10.0 Å². The highest BCUT2D eigenvalue weighted by atomic mass is 32.2. The molecule has 0 fully saturated rings. The summed E-state index contributed by atoms with van der Waals surface area (Å²) in [6, 6.07) is 3.24. The van der Waals surface area contributed by atoms with E-state index in [0.717, 1.165) is 19.1 Å². The van der Waals surface area contributed by atoms with Gasteiger partial charge in [0.1, 0.15) is 11.6 Å². The number of aliphatic carboxylic acids is 1. The average molecular weight is 291 g/mol. The first-order chi connectivity index (χ1) is 8.77. The minimum absolute atomic E-state index is 0.00338. The molecule has 0 aliphatic rings. The van der Waals surface area contributed by atoms with Crippen LogP contribution in [0, 0.1) is 5.82 Å². The van der Waals surface area contributed by atoms with Gasteiger partial charge in [-0.1, -0.05) is 0 Å². The van der Waals surface area contributed by atoms with E-state index in [0.29, 0.717) is 0 Å². The number of carboxylic acid groups (broad SMARTS) is 1. The summed E-state index contributed by atoms with van der Waals surface area (Å²) in [5.74, 6) is -2.06. The Labute approximate surface area is 110 Å². The maximum Gasteiger partial charge on any atom is 0.323 e. The Morgan fingerprint density at radius 2 is 2.16 bits per heavy atom. The Morgan fingerprint density at radius 3 is 2.68 bits per heavy atom. The van der Waals surface area contributed by atoms with Crippen LogP contribution >= 0.6 is 0 Å². The first-order valence-electron chi connectivity index (χ1n) is 5.44. The van der Waals surface area contributed by atoms with Crippen molar-refractivity contribution in [3.63, 3.8) is 0 Å². The molecule has 1 atom stereocenters. The highest BCUT2D eigenvalue weighted by Crippen LogP contribution is 2.27. The van der Waals surface area contributed by atoms with Gasteiger partial charge in [0, 0.05) is 6.07 Å². The fourth-order valence-corrected chi connectivity index (χ4v) is 2.15. The number of hydrogen-bond donors (Lipinski definition) is 2. The van der Waals surface area contributed by atoms with Gasteiger partial charge in [-0.05, 0) is 26.0 Å². The van der Waals surface area contributed by atoms with E-state index in [-0.39, 0.29) is 18.0 Å². The Morgan fingerprint density at radius 1 is 1.53 bits per heavy atom. The summed E-state index contributed by atoms with van der Waals surface area (Å²) in [4.78, 5) is 10.7. The maximum atomic E-state index is 13.0. The molecule has 0 radical (unpaired) electrons. The summed E-state index contributed by atoms with van der Waals surface area (Å²) in [7, 11) is -4.12. The highest BCUT2D eigenvalue weighted by molar-refractivity contribution is 7.94. The minimum atomic E-state index is -4.12. The minimum Gasteiger partial charge on any atom is -0.492 e. The molecule has 6 nitrogen and oxygen atoms in total. The molecule has 0 spiro atoms. The van der Waals surface area contributed by atoms with E-state index in [4.69, 9.17) is 9.84 Å². The van der Waals surface area contributed by atoms with Crippen LogP contribution < -0.4 is 9.46 Å². The van der Waals surface area contributed by atoms with Gasteiger partial charge in [-0.15, -0.1) is 0 Å². The normalized spacial score (nSPS) is 12.8. The standard InChI is InChI=1S/C11H14FNO5S/c1-3-18-10-6-8(12)4-5-9(10)13-19(16,17)7(2)11(14)15/h4-7,13H,3H2,1-2H3,(H,14,15). The van der Waals surface area contributed by atoms with Gasteiger partial charge in [0.25, 0.3) is 0 Å². The lowest BCUT2D eigenvalue weighted by Gasteiger charge is -2.14. The van der Waals surface area contributed by atoms with Crippen molar-refractivity contribution in [3.05, 3.63) is 24.0 Å². The van der Waals surface area contributed by atoms with Crippen molar-refractivity contribution >= 4 is 21.7 Å². The van der Waals surface area contributed by atoms with Crippen molar-refractivity contribution in [2.45, 2.75) is 19.1 Å². The van der Waals surface area contributed by atoms with Crippen LogP contribution in [0.4, 0.5) is 10.1 Å². The van der Waals surface area contributed by atoms with E-state index in [1.54, 1.807) is 6.92 Å². The number of carboxylic acids is 1. The van der Waals surface area contributed by atoms with Crippen molar-refractivity contribution in [1.29, 1.82) is 0 Å². The number of nitrogens with one attached hydrogen (secondary N) is 1. The molecule has 8 heteroatoms. The van der Waals surface area contributed by atoms with Gasteiger partial charge in [-0.2, -0.15) is 0 Å². The van der Waals surface area contributed by atoms with Crippen LogP contribution in [0.2, 0.25) is 0 Å². The monoisotopic (exact) mass is 291 g/mol. The molecule has 1 aromatic rings. The van der Waals surface area contributed by atoms with Crippen LogP contribution in [0.15, 0.2) is 18.2 Å². The molecule has 0 heterocycles. The first kappa shape index (κ1) is 15.2.